The average molecular weight is 524 g/mol. The van der Waals surface area contributed by atoms with Gasteiger partial charge in [-0.3, -0.25) is 9.36 Å². The molecule has 0 atom stereocenters. The Hall–Kier alpha value is -2.68. The molecule has 2 aromatic carbocycles. The molecule has 5 rings (SSSR count). The van der Waals surface area contributed by atoms with E-state index in [4.69, 9.17) is 11.6 Å². The van der Waals surface area contributed by atoms with Crippen LogP contribution in [0, 0.1) is 12.8 Å². The molecule has 0 bridgehead atoms. The maximum absolute atomic E-state index is 13.1. The van der Waals surface area contributed by atoms with E-state index in [2.05, 4.69) is 45.5 Å². The fraction of sp³-hybridized carbons (Fsp3) is 0.308. The lowest BCUT2D eigenvalue weighted by molar-refractivity contribution is 0.0685. The lowest BCUT2D eigenvalue weighted by atomic mass is 9.90. The molecule has 0 unspecified atom stereocenters. The van der Waals surface area contributed by atoms with Gasteiger partial charge in [0.05, 0.1) is 11.4 Å². The lowest BCUT2D eigenvalue weighted by Crippen LogP contribution is -2.39. The third-order valence-electron chi connectivity index (χ3n) is 6.23. The van der Waals surface area contributed by atoms with E-state index < -0.39 is 0 Å². The quantitative estimate of drug-likeness (QED) is 0.275. The van der Waals surface area contributed by atoms with Crippen molar-refractivity contribution in [1.29, 1.82) is 0 Å². The van der Waals surface area contributed by atoms with Crippen LogP contribution in [-0.2, 0) is 12.2 Å². The molecule has 0 N–H and O–H groups in total. The number of benzene rings is 2. The highest BCUT2D eigenvalue weighted by Crippen LogP contribution is 2.28. The first-order valence-corrected chi connectivity index (χ1v) is 13.9. The monoisotopic (exact) mass is 523 g/mol. The first-order chi connectivity index (χ1) is 17.1. The SMILES string of the molecule is Cc1nnc(SCc2nc(C(=O)N3CCC(Cc4ccccc4)CC3)cs2)n1-c1cccc(Cl)c1. The molecule has 0 radical (unpaired) electrons. The first kappa shape index (κ1) is 24.0. The summed E-state index contributed by atoms with van der Waals surface area (Å²) < 4.78 is 1.98. The number of hydrogen-bond donors (Lipinski definition) is 0. The summed E-state index contributed by atoms with van der Waals surface area (Å²) in [5.74, 6) is 2.08. The van der Waals surface area contributed by atoms with Crippen molar-refractivity contribution in [1.82, 2.24) is 24.6 Å². The molecule has 1 aliphatic heterocycles. The Morgan fingerprint density at radius 1 is 1.11 bits per heavy atom. The maximum atomic E-state index is 13.1. The molecular weight excluding hydrogens is 498 g/mol. The van der Waals surface area contributed by atoms with Gasteiger partial charge in [-0.05, 0) is 55.9 Å². The van der Waals surface area contributed by atoms with Gasteiger partial charge in [0.1, 0.15) is 16.5 Å². The van der Waals surface area contributed by atoms with E-state index in [1.807, 2.05) is 46.0 Å². The number of rotatable bonds is 7. The summed E-state index contributed by atoms with van der Waals surface area (Å²) in [5, 5.41) is 12.8. The molecule has 1 amide bonds. The molecular formula is C26H26ClN5OS2. The van der Waals surface area contributed by atoms with Crippen LogP contribution in [0.1, 0.15) is 39.7 Å². The van der Waals surface area contributed by atoms with Gasteiger partial charge >= 0.3 is 0 Å². The van der Waals surface area contributed by atoms with Crippen molar-refractivity contribution in [2.75, 3.05) is 13.1 Å². The van der Waals surface area contributed by atoms with E-state index >= 15 is 0 Å². The smallest absolute Gasteiger partial charge is 0.273 e. The molecule has 3 heterocycles. The number of amides is 1. The molecule has 35 heavy (non-hydrogen) atoms. The molecule has 6 nitrogen and oxygen atoms in total. The minimum absolute atomic E-state index is 0.0357. The Bertz CT molecular complexity index is 1300. The number of carbonyl (C=O) groups excluding carboxylic acids is 1. The number of halogens is 1. The van der Waals surface area contributed by atoms with Crippen molar-refractivity contribution in [3.8, 4) is 5.69 Å². The van der Waals surface area contributed by atoms with Crippen LogP contribution in [0.15, 0.2) is 65.1 Å². The highest BCUT2D eigenvalue weighted by Gasteiger charge is 2.25. The van der Waals surface area contributed by atoms with Crippen molar-refractivity contribution in [2.45, 2.75) is 37.1 Å². The van der Waals surface area contributed by atoms with Crippen LogP contribution in [0.25, 0.3) is 5.69 Å². The minimum Gasteiger partial charge on any atom is -0.337 e. The van der Waals surface area contributed by atoms with E-state index in [9.17, 15) is 4.79 Å². The predicted molar refractivity (Wildman–Crippen MR) is 142 cm³/mol. The maximum Gasteiger partial charge on any atom is 0.273 e. The normalized spacial score (nSPS) is 14.4. The zero-order valence-electron chi connectivity index (χ0n) is 19.4. The van der Waals surface area contributed by atoms with Gasteiger partial charge in [-0.2, -0.15) is 0 Å². The Labute approximate surface area is 218 Å². The highest BCUT2D eigenvalue weighted by atomic mass is 35.5. The van der Waals surface area contributed by atoms with E-state index in [1.165, 1.54) is 16.9 Å². The second-order valence-corrected chi connectivity index (χ2v) is 11.0. The average Bonchev–Trinajstić information content (AvgIpc) is 3.50. The summed E-state index contributed by atoms with van der Waals surface area (Å²) >= 11 is 9.24. The zero-order valence-corrected chi connectivity index (χ0v) is 21.8. The molecule has 180 valence electrons. The molecule has 0 spiro atoms. The van der Waals surface area contributed by atoms with Gasteiger partial charge in [0.15, 0.2) is 5.16 Å². The van der Waals surface area contributed by atoms with Crippen LogP contribution in [0.5, 0.6) is 0 Å². The fourth-order valence-corrected chi connectivity index (χ4v) is 6.37. The van der Waals surface area contributed by atoms with Crippen LogP contribution >= 0.6 is 34.7 Å². The molecule has 9 heteroatoms. The first-order valence-electron chi connectivity index (χ1n) is 11.6. The Morgan fingerprint density at radius 3 is 2.69 bits per heavy atom. The number of aryl methyl sites for hydroxylation is 1. The number of hydrogen-bond acceptors (Lipinski definition) is 6. The predicted octanol–water partition coefficient (Wildman–Crippen LogP) is 6.07. The summed E-state index contributed by atoms with van der Waals surface area (Å²) in [6.45, 7) is 3.50. The largest absolute Gasteiger partial charge is 0.337 e. The van der Waals surface area contributed by atoms with E-state index in [0.717, 1.165) is 54.0 Å². The minimum atomic E-state index is 0.0357. The molecule has 1 aliphatic rings. The van der Waals surface area contributed by atoms with E-state index in [1.54, 1.807) is 11.8 Å². The number of carbonyl (C=O) groups is 1. The Balaban J connectivity index is 1.17. The second kappa shape index (κ2) is 10.9. The Kier molecular flexibility index (Phi) is 7.51. The summed E-state index contributed by atoms with van der Waals surface area (Å²) in [6, 6.07) is 18.2. The molecule has 1 saturated heterocycles. The van der Waals surface area contributed by atoms with Gasteiger partial charge < -0.3 is 4.90 Å². The van der Waals surface area contributed by atoms with Crippen LogP contribution in [0.4, 0.5) is 0 Å². The Morgan fingerprint density at radius 2 is 1.91 bits per heavy atom. The van der Waals surface area contributed by atoms with Gasteiger partial charge in [0, 0.05) is 23.5 Å². The van der Waals surface area contributed by atoms with Crippen molar-refractivity contribution >= 4 is 40.6 Å². The van der Waals surface area contributed by atoms with Crippen LogP contribution in [-0.4, -0.2) is 43.6 Å². The summed E-state index contributed by atoms with van der Waals surface area (Å²) in [6.07, 6.45) is 3.15. The van der Waals surface area contributed by atoms with Crippen molar-refractivity contribution in [3.63, 3.8) is 0 Å². The third kappa shape index (κ3) is 5.77. The number of piperidine rings is 1. The number of thiazole rings is 1. The second-order valence-electron chi connectivity index (χ2n) is 8.69. The van der Waals surface area contributed by atoms with Gasteiger partial charge in [0.2, 0.25) is 0 Å². The van der Waals surface area contributed by atoms with Gasteiger partial charge in [-0.15, -0.1) is 21.5 Å². The number of nitrogens with zero attached hydrogens (tertiary/aromatic N) is 5. The number of likely N-dealkylation sites (tertiary alicyclic amines) is 1. The summed E-state index contributed by atoms with van der Waals surface area (Å²) in [7, 11) is 0. The van der Waals surface area contributed by atoms with E-state index in [0.29, 0.717) is 22.4 Å². The van der Waals surface area contributed by atoms with Crippen molar-refractivity contribution in [2.24, 2.45) is 5.92 Å². The zero-order chi connectivity index (χ0) is 24.2. The lowest BCUT2D eigenvalue weighted by Gasteiger charge is -2.31. The third-order valence-corrected chi connectivity index (χ3v) is 8.43. The number of aromatic nitrogens is 4. The van der Waals surface area contributed by atoms with Crippen molar-refractivity contribution < 1.29 is 4.79 Å². The van der Waals surface area contributed by atoms with E-state index in [-0.39, 0.29) is 5.91 Å². The van der Waals surface area contributed by atoms with Crippen molar-refractivity contribution in [3.05, 3.63) is 87.1 Å². The van der Waals surface area contributed by atoms with Crippen LogP contribution in [0.2, 0.25) is 5.02 Å². The number of thioether (sulfide) groups is 1. The standard InChI is InChI=1S/C26H26ClN5OS2/c1-18-29-30-26(32(18)22-9-5-8-21(27)15-22)35-17-24-28-23(16-34-24)25(33)31-12-10-20(11-13-31)14-19-6-3-2-4-7-19/h2-9,15-16,20H,10-14,17H2,1H3. The molecule has 2 aromatic heterocycles. The van der Waals surface area contributed by atoms with Gasteiger partial charge in [0.25, 0.3) is 5.91 Å². The molecule has 4 aromatic rings. The topological polar surface area (TPSA) is 63.9 Å². The van der Waals surface area contributed by atoms with Gasteiger partial charge in [-0.25, -0.2) is 4.98 Å². The highest BCUT2D eigenvalue weighted by molar-refractivity contribution is 7.98. The van der Waals surface area contributed by atoms with Crippen LogP contribution in [0.3, 0.4) is 0 Å². The van der Waals surface area contributed by atoms with Crippen LogP contribution < -0.4 is 0 Å². The summed E-state index contributed by atoms with van der Waals surface area (Å²) in [5.41, 5.74) is 2.84. The summed E-state index contributed by atoms with van der Waals surface area (Å²) in [4.78, 5) is 19.6. The molecule has 0 saturated carbocycles. The van der Waals surface area contributed by atoms with Gasteiger partial charge in [-0.1, -0.05) is 59.8 Å². The fourth-order valence-electron chi connectivity index (χ4n) is 4.40. The molecule has 0 aliphatic carbocycles. The molecule has 1 fully saturated rings.